The number of hydrogen-bond acceptors (Lipinski definition) is 3. The van der Waals surface area contributed by atoms with Crippen LogP contribution in [0.3, 0.4) is 0 Å². The van der Waals surface area contributed by atoms with Gasteiger partial charge in [0.15, 0.2) is 5.17 Å². The lowest BCUT2D eigenvalue weighted by Crippen LogP contribution is -2.19. The quantitative estimate of drug-likeness (QED) is 0.833. The lowest BCUT2D eigenvalue weighted by Gasteiger charge is -2.06. The van der Waals surface area contributed by atoms with Gasteiger partial charge in [-0.25, -0.2) is 4.99 Å². The number of aryl methyl sites for hydroxylation is 1. The van der Waals surface area contributed by atoms with E-state index in [0.29, 0.717) is 4.91 Å². The highest BCUT2D eigenvalue weighted by molar-refractivity contribution is 8.18. The van der Waals surface area contributed by atoms with Gasteiger partial charge >= 0.3 is 6.18 Å². The Balaban J connectivity index is 1.85. The summed E-state index contributed by atoms with van der Waals surface area (Å²) in [5, 5.41) is 2.81. The van der Waals surface area contributed by atoms with Gasteiger partial charge in [0.1, 0.15) is 0 Å². The first-order chi connectivity index (χ1) is 11.3. The van der Waals surface area contributed by atoms with Crippen LogP contribution in [-0.4, -0.2) is 15.6 Å². The number of hydrogen-bond donors (Lipinski definition) is 1. The first-order valence-corrected chi connectivity index (χ1v) is 7.73. The summed E-state index contributed by atoms with van der Waals surface area (Å²) in [6.45, 7) is 0. The van der Waals surface area contributed by atoms with Crippen LogP contribution in [-0.2, 0) is 18.0 Å². The monoisotopic (exact) mass is 351 g/mol. The van der Waals surface area contributed by atoms with E-state index in [-0.39, 0.29) is 16.8 Å². The number of amides is 1. The van der Waals surface area contributed by atoms with Gasteiger partial charge in [-0.3, -0.25) is 4.79 Å². The second-order valence-electron chi connectivity index (χ2n) is 5.07. The van der Waals surface area contributed by atoms with Crippen molar-refractivity contribution in [3.8, 4) is 0 Å². The number of aromatic nitrogens is 1. The average Bonchev–Trinajstić information content (AvgIpc) is 3.06. The summed E-state index contributed by atoms with van der Waals surface area (Å²) < 4.78 is 40.0. The molecule has 1 N–H and O–H groups in total. The van der Waals surface area contributed by atoms with Crippen LogP contribution in [0.25, 0.3) is 6.08 Å². The van der Waals surface area contributed by atoms with Gasteiger partial charge in [0, 0.05) is 18.9 Å². The van der Waals surface area contributed by atoms with Gasteiger partial charge in [-0.05, 0) is 48.2 Å². The van der Waals surface area contributed by atoms with E-state index in [4.69, 9.17) is 0 Å². The molecule has 8 heteroatoms. The van der Waals surface area contributed by atoms with E-state index in [1.807, 2.05) is 29.9 Å². The largest absolute Gasteiger partial charge is 0.416 e. The van der Waals surface area contributed by atoms with Crippen molar-refractivity contribution in [3.05, 3.63) is 58.8 Å². The van der Waals surface area contributed by atoms with Gasteiger partial charge < -0.3 is 9.88 Å². The van der Waals surface area contributed by atoms with Crippen molar-refractivity contribution in [1.29, 1.82) is 0 Å². The molecule has 24 heavy (non-hydrogen) atoms. The predicted octanol–water partition coefficient (Wildman–Crippen LogP) is 3.94. The number of benzene rings is 1. The first-order valence-electron chi connectivity index (χ1n) is 6.91. The van der Waals surface area contributed by atoms with E-state index >= 15 is 0 Å². The number of aliphatic imine (C=N–C) groups is 1. The standard InChI is InChI=1S/C16H12F3N3OS/c1-22-7-3-6-12(22)9-13-14(23)21-15(24-13)20-11-5-2-4-10(8-11)16(17,18)19/h2-9H,1H3,(H,20,21,23)/b13-9-. The molecule has 0 saturated carbocycles. The second-order valence-corrected chi connectivity index (χ2v) is 6.10. The molecule has 0 aliphatic carbocycles. The van der Waals surface area contributed by atoms with E-state index in [0.717, 1.165) is 29.6 Å². The molecule has 0 radical (unpaired) electrons. The normalized spacial score (nSPS) is 18.4. The maximum Gasteiger partial charge on any atom is 0.416 e. The molecular weight excluding hydrogens is 339 g/mol. The number of carbonyl (C=O) groups excluding carboxylic acids is 1. The zero-order valence-electron chi connectivity index (χ0n) is 12.5. The number of rotatable bonds is 2. The molecule has 2 heterocycles. The maximum absolute atomic E-state index is 12.7. The zero-order chi connectivity index (χ0) is 17.3. The van der Waals surface area contributed by atoms with Crippen LogP contribution >= 0.6 is 11.8 Å². The topological polar surface area (TPSA) is 46.4 Å². The van der Waals surface area contributed by atoms with Crippen LogP contribution in [0.1, 0.15) is 11.3 Å². The molecule has 4 nitrogen and oxygen atoms in total. The van der Waals surface area contributed by atoms with Crippen molar-refractivity contribution < 1.29 is 18.0 Å². The summed E-state index contributed by atoms with van der Waals surface area (Å²) in [5.41, 5.74) is 0.193. The minimum atomic E-state index is -4.43. The van der Waals surface area contributed by atoms with Crippen LogP contribution in [0.4, 0.5) is 18.9 Å². The number of nitrogens with one attached hydrogen (secondary N) is 1. The number of thioether (sulfide) groups is 1. The molecule has 1 aromatic carbocycles. The highest BCUT2D eigenvalue weighted by atomic mass is 32.2. The fraction of sp³-hybridized carbons (Fsp3) is 0.125. The maximum atomic E-state index is 12.7. The fourth-order valence-electron chi connectivity index (χ4n) is 2.11. The summed E-state index contributed by atoms with van der Waals surface area (Å²) in [7, 11) is 1.85. The van der Waals surface area contributed by atoms with Gasteiger partial charge in [-0.15, -0.1) is 0 Å². The Morgan fingerprint density at radius 1 is 1.25 bits per heavy atom. The third-order valence-electron chi connectivity index (χ3n) is 3.32. The second kappa shape index (κ2) is 6.20. The van der Waals surface area contributed by atoms with Crippen molar-refractivity contribution in [2.24, 2.45) is 12.0 Å². The van der Waals surface area contributed by atoms with Crippen molar-refractivity contribution in [2.75, 3.05) is 0 Å². The highest BCUT2D eigenvalue weighted by Gasteiger charge is 2.30. The number of alkyl halides is 3. The molecule has 1 amide bonds. The minimum absolute atomic E-state index is 0.132. The molecular formula is C16H12F3N3OS. The van der Waals surface area contributed by atoms with Gasteiger partial charge in [-0.2, -0.15) is 13.2 Å². The van der Waals surface area contributed by atoms with Gasteiger partial charge in [0.05, 0.1) is 16.2 Å². The van der Waals surface area contributed by atoms with Crippen LogP contribution < -0.4 is 5.32 Å². The summed E-state index contributed by atoms with van der Waals surface area (Å²) in [5.74, 6) is -0.327. The van der Waals surface area contributed by atoms with Gasteiger partial charge in [0.2, 0.25) is 0 Å². The average molecular weight is 351 g/mol. The first kappa shape index (κ1) is 16.4. The molecule has 0 spiro atoms. The number of carbonyl (C=O) groups is 1. The van der Waals surface area contributed by atoms with E-state index < -0.39 is 11.7 Å². The van der Waals surface area contributed by atoms with Crippen molar-refractivity contribution in [3.63, 3.8) is 0 Å². The number of nitrogens with zero attached hydrogens (tertiary/aromatic N) is 2. The smallest absolute Gasteiger partial charge is 0.351 e. The molecule has 124 valence electrons. The van der Waals surface area contributed by atoms with Crippen LogP contribution in [0, 0.1) is 0 Å². The summed E-state index contributed by atoms with van der Waals surface area (Å²) in [4.78, 5) is 16.5. The third kappa shape index (κ3) is 3.53. The Kier molecular flexibility index (Phi) is 4.23. The molecule has 2 aromatic rings. The lowest BCUT2D eigenvalue weighted by molar-refractivity contribution is -0.137. The molecule has 1 aliphatic rings. The SMILES string of the molecule is Cn1cccc1/C=C1\SC(=Nc2cccc(C(F)(F)F)c2)NC1=O. The van der Waals surface area contributed by atoms with E-state index in [9.17, 15) is 18.0 Å². The molecule has 3 rings (SSSR count). The molecule has 0 atom stereocenters. The lowest BCUT2D eigenvalue weighted by atomic mass is 10.2. The molecule has 1 fully saturated rings. The predicted molar refractivity (Wildman–Crippen MR) is 87.7 cm³/mol. The Labute approximate surface area is 140 Å². The Bertz CT molecular complexity index is 852. The molecule has 0 bridgehead atoms. The molecule has 1 aromatic heterocycles. The highest BCUT2D eigenvalue weighted by Crippen LogP contribution is 2.33. The van der Waals surface area contributed by atoms with Crippen LogP contribution in [0.15, 0.2) is 52.5 Å². The van der Waals surface area contributed by atoms with Crippen LogP contribution in [0.5, 0.6) is 0 Å². The molecule has 1 saturated heterocycles. The van der Waals surface area contributed by atoms with Crippen molar-refractivity contribution in [1.82, 2.24) is 9.88 Å². The van der Waals surface area contributed by atoms with Crippen molar-refractivity contribution >= 4 is 34.6 Å². The molecule has 0 unspecified atom stereocenters. The third-order valence-corrected chi connectivity index (χ3v) is 4.23. The number of halogens is 3. The molecule has 1 aliphatic heterocycles. The summed E-state index contributed by atoms with van der Waals surface area (Å²) >= 11 is 1.09. The van der Waals surface area contributed by atoms with E-state index in [1.54, 1.807) is 6.08 Å². The zero-order valence-corrected chi connectivity index (χ0v) is 13.3. The van der Waals surface area contributed by atoms with Crippen LogP contribution in [0.2, 0.25) is 0 Å². The van der Waals surface area contributed by atoms with Crippen molar-refractivity contribution in [2.45, 2.75) is 6.18 Å². The Hall–Kier alpha value is -2.48. The summed E-state index contributed by atoms with van der Waals surface area (Å²) in [6, 6.07) is 8.35. The Morgan fingerprint density at radius 2 is 2.04 bits per heavy atom. The minimum Gasteiger partial charge on any atom is -0.351 e. The van der Waals surface area contributed by atoms with Gasteiger partial charge in [-0.1, -0.05) is 6.07 Å². The fourth-order valence-corrected chi connectivity index (χ4v) is 2.93. The van der Waals surface area contributed by atoms with E-state index in [1.165, 1.54) is 12.1 Å². The number of amidine groups is 1. The van der Waals surface area contributed by atoms with E-state index in [2.05, 4.69) is 10.3 Å². The Morgan fingerprint density at radius 3 is 2.71 bits per heavy atom. The summed E-state index contributed by atoms with van der Waals surface area (Å²) in [6.07, 6.45) is -0.879. The van der Waals surface area contributed by atoms with Gasteiger partial charge in [0.25, 0.3) is 5.91 Å².